The van der Waals surface area contributed by atoms with Crippen LogP contribution in [0.4, 0.5) is 5.69 Å². The van der Waals surface area contributed by atoms with Gasteiger partial charge >= 0.3 is 0 Å². The molecule has 0 amide bonds. The zero-order chi connectivity index (χ0) is 13.6. The van der Waals surface area contributed by atoms with Gasteiger partial charge in [-0.1, -0.05) is 20.8 Å². The Morgan fingerprint density at radius 3 is 2.61 bits per heavy atom. The van der Waals surface area contributed by atoms with E-state index in [1.165, 1.54) is 0 Å². The molecule has 100 valence electrons. The quantitative estimate of drug-likeness (QED) is 0.904. The molecule has 1 heterocycles. The third-order valence-electron chi connectivity index (χ3n) is 2.82. The van der Waals surface area contributed by atoms with E-state index in [0.29, 0.717) is 4.90 Å². The van der Waals surface area contributed by atoms with Crippen LogP contribution in [-0.4, -0.2) is 20.7 Å². The first kappa shape index (κ1) is 13.9. The van der Waals surface area contributed by atoms with Crippen molar-refractivity contribution in [2.75, 3.05) is 17.6 Å². The molecule has 2 rings (SSSR count). The maximum atomic E-state index is 12.4. The Labute approximate surface area is 117 Å². The lowest BCUT2D eigenvalue weighted by molar-refractivity contribution is 0.461. The van der Waals surface area contributed by atoms with Gasteiger partial charge in [0.05, 0.1) is 16.3 Å². The number of nitrogens with one attached hydrogen (secondary N) is 1. The average molecular weight is 332 g/mol. The average Bonchev–Trinajstić information content (AvgIpc) is 2.61. The largest absolute Gasteiger partial charge is 0.384 e. The van der Waals surface area contributed by atoms with Crippen LogP contribution in [0.3, 0.4) is 0 Å². The van der Waals surface area contributed by atoms with E-state index in [1.807, 2.05) is 20.8 Å². The highest BCUT2D eigenvalue weighted by atomic mass is 79.9. The van der Waals surface area contributed by atoms with Crippen LogP contribution in [0, 0.1) is 5.41 Å². The normalized spacial score (nSPS) is 15.3. The third-order valence-corrected chi connectivity index (χ3v) is 5.65. The second-order valence-electron chi connectivity index (χ2n) is 5.94. The molecule has 1 aliphatic heterocycles. The van der Waals surface area contributed by atoms with Gasteiger partial charge in [0.2, 0.25) is 0 Å². The van der Waals surface area contributed by atoms with Gasteiger partial charge in [-0.25, -0.2) is 8.42 Å². The summed E-state index contributed by atoms with van der Waals surface area (Å²) < 4.78 is 25.6. The predicted octanol–water partition coefficient (Wildman–Crippen LogP) is 3.24. The van der Waals surface area contributed by atoms with Crippen molar-refractivity contribution in [1.82, 2.24) is 0 Å². The van der Waals surface area contributed by atoms with Gasteiger partial charge in [0, 0.05) is 11.0 Å². The minimum atomic E-state index is -3.22. The summed E-state index contributed by atoms with van der Waals surface area (Å²) in [6, 6.07) is 3.51. The highest BCUT2D eigenvalue weighted by Crippen LogP contribution is 2.34. The highest BCUT2D eigenvalue weighted by molar-refractivity contribution is 9.10. The van der Waals surface area contributed by atoms with Gasteiger partial charge in [-0.05, 0) is 45.5 Å². The summed E-state index contributed by atoms with van der Waals surface area (Å²) >= 11 is 3.44. The van der Waals surface area contributed by atoms with Crippen LogP contribution in [0.2, 0.25) is 0 Å². The summed E-state index contributed by atoms with van der Waals surface area (Å²) in [4.78, 5) is 0.423. The van der Waals surface area contributed by atoms with Crippen molar-refractivity contribution in [3.8, 4) is 0 Å². The van der Waals surface area contributed by atoms with Crippen molar-refractivity contribution in [3.05, 3.63) is 22.2 Å². The smallest absolute Gasteiger partial charge is 0.178 e. The van der Waals surface area contributed by atoms with Gasteiger partial charge in [0.15, 0.2) is 9.84 Å². The minimum absolute atomic E-state index is 0.165. The molecule has 1 aromatic rings. The Bertz CT molecular complexity index is 573. The lowest BCUT2D eigenvalue weighted by atomic mass is 10.0. The fraction of sp³-hybridized carbons (Fsp3) is 0.538. The summed E-state index contributed by atoms with van der Waals surface area (Å²) in [5, 5.41) is 3.25. The molecule has 1 aromatic carbocycles. The van der Waals surface area contributed by atoms with E-state index in [4.69, 9.17) is 0 Å². The number of sulfone groups is 1. The molecule has 0 aliphatic carbocycles. The van der Waals surface area contributed by atoms with Gasteiger partial charge in [-0.15, -0.1) is 0 Å². The summed E-state index contributed by atoms with van der Waals surface area (Å²) in [5.41, 5.74) is 1.88. The van der Waals surface area contributed by atoms with E-state index >= 15 is 0 Å². The molecule has 0 saturated carbocycles. The Morgan fingerprint density at radius 2 is 2.00 bits per heavy atom. The lowest BCUT2D eigenvalue weighted by Crippen LogP contribution is -2.21. The molecule has 0 saturated heterocycles. The maximum Gasteiger partial charge on any atom is 0.178 e. The van der Waals surface area contributed by atoms with Crippen LogP contribution in [0.25, 0.3) is 0 Å². The van der Waals surface area contributed by atoms with Gasteiger partial charge < -0.3 is 5.32 Å². The fourth-order valence-electron chi connectivity index (χ4n) is 2.19. The highest BCUT2D eigenvalue weighted by Gasteiger charge is 2.26. The molecule has 1 aliphatic rings. The topological polar surface area (TPSA) is 46.2 Å². The maximum absolute atomic E-state index is 12.4. The molecule has 0 radical (unpaired) electrons. The van der Waals surface area contributed by atoms with Crippen LogP contribution in [0.15, 0.2) is 21.5 Å². The number of fused-ring (bicyclic) bond motifs is 1. The van der Waals surface area contributed by atoms with Crippen molar-refractivity contribution in [2.45, 2.75) is 32.1 Å². The van der Waals surface area contributed by atoms with Crippen LogP contribution in [0.1, 0.15) is 26.3 Å². The molecule has 18 heavy (non-hydrogen) atoms. The van der Waals surface area contributed by atoms with Crippen LogP contribution < -0.4 is 5.32 Å². The van der Waals surface area contributed by atoms with E-state index in [-0.39, 0.29) is 11.2 Å². The number of hydrogen-bond acceptors (Lipinski definition) is 3. The summed E-state index contributed by atoms with van der Waals surface area (Å²) in [5.74, 6) is 0.165. The summed E-state index contributed by atoms with van der Waals surface area (Å²) in [6.07, 6.45) is 0.882. The Hall–Kier alpha value is -0.550. The molecule has 0 unspecified atom stereocenters. The Balaban J connectivity index is 2.44. The zero-order valence-electron chi connectivity index (χ0n) is 10.9. The first-order chi connectivity index (χ1) is 8.19. The first-order valence-corrected chi connectivity index (χ1v) is 8.43. The number of hydrogen-bond donors (Lipinski definition) is 1. The standard InChI is InChI=1S/C13H18BrNO2S/c1-13(2,3)8-18(16,17)10-6-9-4-5-15-12(9)11(14)7-10/h6-7,15H,4-5,8H2,1-3H3. The second-order valence-corrected chi connectivity index (χ2v) is 8.78. The molecular formula is C13H18BrNO2S. The van der Waals surface area contributed by atoms with Crippen molar-refractivity contribution >= 4 is 31.5 Å². The third kappa shape index (κ3) is 2.88. The summed E-state index contributed by atoms with van der Waals surface area (Å²) in [6.45, 7) is 6.69. The number of benzene rings is 1. The van der Waals surface area contributed by atoms with Crippen molar-refractivity contribution < 1.29 is 8.42 Å². The molecule has 5 heteroatoms. The van der Waals surface area contributed by atoms with Crippen molar-refractivity contribution in [3.63, 3.8) is 0 Å². The van der Waals surface area contributed by atoms with E-state index < -0.39 is 9.84 Å². The lowest BCUT2D eigenvalue weighted by Gasteiger charge is -2.18. The van der Waals surface area contributed by atoms with Crippen molar-refractivity contribution in [2.24, 2.45) is 5.41 Å². The van der Waals surface area contributed by atoms with Gasteiger partial charge in [-0.3, -0.25) is 0 Å². The van der Waals surface area contributed by atoms with E-state index in [9.17, 15) is 8.42 Å². The fourth-order valence-corrected chi connectivity index (χ4v) is 4.91. The van der Waals surface area contributed by atoms with Crippen LogP contribution in [0.5, 0.6) is 0 Å². The van der Waals surface area contributed by atoms with Gasteiger partial charge in [0.1, 0.15) is 0 Å². The molecule has 3 nitrogen and oxygen atoms in total. The van der Waals surface area contributed by atoms with Crippen molar-refractivity contribution in [1.29, 1.82) is 0 Å². The predicted molar refractivity (Wildman–Crippen MR) is 77.8 cm³/mol. The molecule has 0 aromatic heterocycles. The van der Waals surface area contributed by atoms with Crippen LogP contribution >= 0.6 is 15.9 Å². The number of anilines is 1. The molecule has 0 atom stereocenters. The molecule has 0 bridgehead atoms. The second kappa shape index (κ2) is 4.53. The SMILES string of the molecule is CC(C)(C)CS(=O)(=O)c1cc(Br)c2c(c1)CCN2. The molecular weight excluding hydrogens is 314 g/mol. The first-order valence-electron chi connectivity index (χ1n) is 5.98. The van der Waals surface area contributed by atoms with Gasteiger partial charge in [-0.2, -0.15) is 0 Å². The monoisotopic (exact) mass is 331 g/mol. The molecule has 0 fully saturated rings. The number of halogens is 1. The van der Waals surface area contributed by atoms with E-state index in [1.54, 1.807) is 12.1 Å². The van der Waals surface area contributed by atoms with Crippen LogP contribution in [-0.2, 0) is 16.3 Å². The zero-order valence-corrected chi connectivity index (χ0v) is 13.3. The molecule has 0 spiro atoms. The summed E-state index contributed by atoms with van der Waals surface area (Å²) in [7, 11) is -3.22. The number of rotatable bonds is 2. The van der Waals surface area contributed by atoms with Gasteiger partial charge in [0.25, 0.3) is 0 Å². The minimum Gasteiger partial charge on any atom is -0.384 e. The Morgan fingerprint density at radius 1 is 1.33 bits per heavy atom. The Kier molecular flexibility index (Phi) is 3.49. The molecule has 1 N–H and O–H groups in total. The van der Waals surface area contributed by atoms with E-state index in [0.717, 1.165) is 28.7 Å². The van der Waals surface area contributed by atoms with E-state index in [2.05, 4.69) is 21.2 Å².